The molecule has 3 heterocycles. The number of ether oxygens (including phenoxy) is 2. The molecule has 0 unspecified atom stereocenters. The molecule has 6 bridgehead atoms. The van der Waals surface area contributed by atoms with E-state index in [1.165, 1.54) is 23.1 Å². The maximum atomic E-state index is 13.3. The van der Waals surface area contributed by atoms with Crippen molar-refractivity contribution in [3.63, 3.8) is 0 Å². The van der Waals surface area contributed by atoms with Gasteiger partial charge in [0.25, 0.3) is 0 Å². The van der Waals surface area contributed by atoms with Crippen LogP contribution in [0.25, 0.3) is 22.0 Å². The summed E-state index contributed by atoms with van der Waals surface area (Å²) in [4.78, 5) is 19.0. The molecule has 0 fully saturated rings. The zero-order chi connectivity index (χ0) is 32.5. The van der Waals surface area contributed by atoms with Crippen molar-refractivity contribution in [2.75, 3.05) is 32.3 Å². The number of thioether (sulfide) groups is 2. The number of halogens is 1. The van der Waals surface area contributed by atoms with E-state index in [9.17, 15) is 4.79 Å². The zero-order valence-electron chi connectivity index (χ0n) is 27.0. The summed E-state index contributed by atoms with van der Waals surface area (Å²) >= 11 is 10.5. The van der Waals surface area contributed by atoms with Crippen LogP contribution in [0.4, 0.5) is 0 Å². The second-order valence-electron chi connectivity index (χ2n) is 11.8. The molecule has 0 saturated carbocycles. The summed E-state index contributed by atoms with van der Waals surface area (Å²) in [5.74, 6) is 2.59. The summed E-state index contributed by atoms with van der Waals surface area (Å²) in [6.07, 6.45) is 5.94. The van der Waals surface area contributed by atoms with Gasteiger partial charge >= 0.3 is 5.97 Å². The number of aliphatic imine (C=N–C) groups is 1. The first-order chi connectivity index (χ1) is 22.2. The Kier molecular flexibility index (Phi) is 9.77. The Hall–Kier alpha value is -3.34. The van der Waals surface area contributed by atoms with Crippen molar-refractivity contribution in [2.24, 2.45) is 17.8 Å². The normalized spacial score (nSPS) is 16.9. The molecule has 1 aliphatic carbocycles. The fourth-order valence-electron chi connectivity index (χ4n) is 6.66. The SMILES string of the molecule is CN=C1C=C(N)CSCc2nn(C)c(C)c2-c2c(Cl)ccc3c2c(C)c(C(=O)OC)n3CCCOc2cc(cc3c2CCC3)SC1. The summed E-state index contributed by atoms with van der Waals surface area (Å²) in [5.41, 5.74) is 17.0. The Labute approximate surface area is 283 Å². The maximum absolute atomic E-state index is 13.3. The number of nitrogens with zero attached hydrogens (tertiary/aromatic N) is 4. The number of hydrogen-bond donors (Lipinski definition) is 1. The van der Waals surface area contributed by atoms with Crippen LogP contribution in [0.3, 0.4) is 0 Å². The molecule has 4 aromatic rings. The first-order valence-electron chi connectivity index (χ1n) is 15.5. The number of hydrogen-bond acceptors (Lipinski definition) is 8. The van der Waals surface area contributed by atoms with Crippen LogP contribution < -0.4 is 10.5 Å². The molecule has 0 amide bonds. The first-order valence-corrected chi connectivity index (χ1v) is 18.1. The van der Waals surface area contributed by atoms with Gasteiger partial charge < -0.3 is 19.8 Å². The van der Waals surface area contributed by atoms with E-state index in [2.05, 4.69) is 28.6 Å². The number of methoxy groups -OCH3 is 1. The van der Waals surface area contributed by atoms with Crippen LogP contribution in [0.5, 0.6) is 5.75 Å². The third-order valence-electron chi connectivity index (χ3n) is 8.92. The van der Waals surface area contributed by atoms with Crippen molar-refractivity contribution in [1.82, 2.24) is 14.3 Å². The molecule has 0 spiro atoms. The predicted octanol–water partition coefficient (Wildman–Crippen LogP) is 7.31. The smallest absolute Gasteiger partial charge is 0.354 e. The Balaban J connectivity index is 1.47. The van der Waals surface area contributed by atoms with Gasteiger partial charge in [-0.3, -0.25) is 9.67 Å². The average molecular weight is 678 g/mol. The number of carbonyl (C=O) groups excluding carboxylic acids is 1. The lowest BCUT2D eigenvalue weighted by molar-refractivity contribution is 0.0587. The second kappa shape index (κ2) is 13.8. The fourth-order valence-corrected chi connectivity index (χ4v) is 8.67. The van der Waals surface area contributed by atoms with Gasteiger partial charge in [-0.1, -0.05) is 11.6 Å². The number of fused-ring (bicyclic) bond motifs is 6. The molecule has 0 radical (unpaired) electrons. The minimum Gasteiger partial charge on any atom is -0.493 e. The topological polar surface area (TPSA) is 96.7 Å². The van der Waals surface area contributed by atoms with Crippen molar-refractivity contribution in [3.8, 4) is 16.9 Å². The Morgan fingerprint density at radius 2 is 1.96 bits per heavy atom. The van der Waals surface area contributed by atoms with Gasteiger partial charge in [-0.05, 0) is 86.6 Å². The quantitative estimate of drug-likeness (QED) is 0.211. The van der Waals surface area contributed by atoms with E-state index in [1.807, 2.05) is 43.9 Å². The molecule has 46 heavy (non-hydrogen) atoms. The van der Waals surface area contributed by atoms with Crippen LogP contribution in [-0.2, 0) is 36.9 Å². The van der Waals surface area contributed by atoms with Crippen LogP contribution in [0.1, 0.15) is 51.4 Å². The van der Waals surface area contributed by atoms with E-state index in [0.717, 1.165) is 81.2 Å². The molecule has 1 aliphatic heterocycles. The standard InChI is InChI=1S/C35H40ClN5O3S2/c1-20-31-29-11-10-27(36)33(31)32-21(2)40(4)39-28(32)19-45-17-23(37)15-24(38-3)18-46-25-14-22-8-6-9-26(22)30(16-25)44-13-7-12-41(29)34(20)35(42)43-5/h10-11,14-16H,6-9,12-13,17-19,37H2,1-5H3. The summed E-state index contributed by atoms with van der Waals surface area (Å²) in [6.45, 7) is 5.14. The number of esters is 1. The molecule has 242 valence electrons. The van der Waals surface area contributed by atoms with E-state index in [0.29, 0.717) is 41.8 Å². The number of carbonyl (C=O) groups is 1. The van der Waals surface area contributed by atoms with Gasteiger partial charge in [0.15, 0.2) is 0 Å². The van der Waals surface area contributed by atoms with Crippen LogP contribution in [0.2, 0.25) is 5.02 Å². The summed E-state index contributed by atoms with van der Waals surface area (Å²) in [6, 6.07) is 8.40. The third kappa shape index (κ3) is 6.19. The van der Waals surface area contributed by atoms with Crippen molar-refractivity contribution in [3.05, 3.63) is 74.8 Å². The molecule has 6 rings (SSSR count). The summed E-state index contributed by atoms with van der Waals surface area (Å²) in [7, 11) is 5.19. The van der Waals surface area contributed by atoms with Crippen LogP contribution in [0, 0.1) is 13.8 Å². The number of rotatable bonds is 1. The lowest BCUT2D eigenvalue weighted by atomic mass is 9.97. The number of nitrogens with two attached hydrogens (primary N) is 1. The van der Waals surface area contributed by atoms with Crippen molar-refractivity contribution < 1.29 is 14.3 Å². The predicted molar refractivity (Wildman–Crippen MR) is 191 cm³/mol. The summed E-state index contributed by atoms with van der Waals surface area (Å²) < 4.78 is 15.8. The Bertz CT molecular complexity index is 1890. The van der Waals surface area contributed by atoms with Gasteiger partial charge in [0.1, 0.15) is 11.4 Å². The zero-order valence-corrected chi connectivity index (χ0v) is 29.4. The third-order valence-corrected chi connectivity index (χ3v) is 11.3. The highest BCUT2D eigenvalue weighted by molar-refractivity contribution is 8.00. The lowest BCUT2D eigenvalue weighted by Crippen LogP contribution is -2.13. The van der Waals surface area contributed by atoms with Gasteiger partial charge in [0.05, 0.1) is 19.4 Å². The minimum atomic E-state index is -0.371. The van der Waals surface area contributed by atoms with E-state index < -0.39 is 0 Å². The molecule has 2 aromatic carbocycles. The number of benzene rings is 2. The molecule has 11 heteroatoms. The number of aromatic nitrogens is 3. The highest BCUT2D eigenvalue weighted by atomic mass is 35.5. The van der Waals surface area contributed by atoms with E-state index >= 15 is 0 Å². The van der Waals surface area contributed by atoms with Crippen LogP contribution >= 0.6 is 35.1 Å². The van der Waals surface area contributed by atoms with E-state index in [4.69, 9.17) is 31.9 Å². The van der Waals surface area contributed by atoms with Crippen molar-refractivity contribution >= 4 is 57.7 Å². The molecule has 0 saturated heterocycles. The van der Waals surface area contributed by atoms with Gasteiger partial charge in [-0.2, -0.15) is 5.10 Å². The minimum absolute atomic E-state index is 0.371. The van der Waals surface area contributed by atoms with Crippen molar-refractivity contribution in [2.45, 2.75) is 56.7 Å². The molecule has 8 nitrogen and oxygen atoms in total. The highest BCUT2D eigenvalue weighted by Gasteiger charge is 2.27. The average Bonchev–Trinajstić information content (AvgIpc) is 3.71. The summed E-state index contributed by atoms with van der Waals surface area (Å²) in [5, 5.41) is 6.45. The van der Waals surface area contributed by atoms with Crippen LogP contribution in [-0.4, -0.2) is 58.3 Å². The Morgan fingerprint density at radius 1 is 1.13 bits per heavy atom. The van der Waals surface area contributed by atoms with Gasteiger partial charge in [0, 0.05) is 86.9 Å². The Morgan fingerprint density at radius 3 is 2.74 bits per heavy atom. The fraction of sp³-hybridized carbons (Fsp3) is 0.400. The number of allylic oxidation sites excluding steroid dienone is 1. The van der Waals surface area contributed by atoms with Gasteiger partial charge in [-0.15, -0.1) is 23.5 Å². The largest absolute Gasteiger partial charge is 0.493 e. The lowest BCUT2D eigenvalue weighted by Gasteiger charge is -2.15. The molecule has 2 aliphatic rings. The first kappa shape index (κ1) is 32.6. The second-order valence-corrected chi connectivity index (χ2v) is 14.2. The van der Waals surface area contributed by atoms with Gasteiger partial charge in [0.2, 0.25) is 0 Å². The van der Waals surface area contributed by atoms with Gasteiger partial charge in [-0.25, -0.2) is 4.79 Å². The molecule has 2 aromatic heterocycles. The van der Waals surface area contributed by atoms with E-state index in [-0.39, 0.29) is 5.97 Å². The van der Waals surface area contributed by atoms with Crippen LogP contribution in [0.15, 0.2) is 45.9 Å². The van der Waals surface area contributed by atoms with Crippen molar-refractivity contribution in [1.29, 1.82) is 0 Å². The molecule has 2 N–H and O–H groups in total. The van der Waals surface area contributed by atoms with E-state index in [1.54, 1.807) is 23.5 Å². The monoisotopic (exact) mass is 677 g/mol. The highest BCUT2D eigenvalue weighted by Crippen LogP contribution is 2.43. The molecule has 0 atom stereocenters. The molecular formula is C35H40ClN5O3S2. The maximum Gasteiger partial charge on any atom is 0.354 e. The number of aryl methyl sites for hydroxylation is 4. The molecular weight excluding hydrogens is 638 g/mol.